The Morgan fingerprint density at radius 2 is 1.62 bits per heavy atom. The van der Waals surface area contributed by atoms with Crippen LogP contribution in [0.1, 0.15) is 38.5 Å². The third-order valence-electron chi connectivity index (χ3n) is 2.28. The first-order chi connectivity index (χ1) is 7.70. The van der Waals surface area contributed by atoms with Gasteiger partial charge in [0.25, 0.3) is 0 Å². The lowest BCUT2D eigenvalue weighted by Gasteiger charge is -2.03. The van der Waals surface area contributed by atoms with E-state index in [1.54, 1.807) is 0 Å². The summed E-state index contributed by atoms with van der Waals surface area (Å²) in [5.41, 5.74) is 7.18. The summed E-state index contributed by atoms with van der Waals surface area (Å²) in [6, 6.07) is -0.353. The van der Waals surface area contributed by atoms with Crippen LogP contribution in [-0.2, 0) is 4.79 Å². The van der Waals surface area contributed by atoms with Crippen molar-refractivity contribution < 1.29 is 9.59 Å². The smallest absolute Gasteiger partial charge is 0.328 e. The second-order valence-corrected chi connectivity index (χ2v) is 3.66. The molecule has 0 unspecified atom stereocenters. The number of carbonyl (C=O) groups excluding carboxylic acids is 2. The fraction of sp³-hybridized carbons (Fsp3) is 0.800. The molecule has 0 aliphatic rings. The summed E-state index contributed by atoms with van der Waals surface area (Å²) >= 11 is 0. The summed E-state index contributed by atoms with van der Waals surface area (Å²) in [5, 5.41) is 2.60. The molecule has 0 aromatic rings. The topological polar surface area (TPSA) is 110 Å². The Bertz CT molecular complexity index is 187. The lowest BCUT2D eigenvalue weighted by molar-refractivity contribution is -0.117. The highest BCUT2D eigenvalue weighted by Gasteiger charge is 1.98. The highest BCUT2D eigenvalue weighted by Crippen LogP contribution is 2.04. The molecule has 0 aromatic heterocycles. The van der Waals surface area contributed by atoms with Crippen molar-refractivity contribution in [2.24, 2.45) is 11.6 Å². The molecule has 6 heteroatoms. The van der Waals surface area contributed by atoms with E-state index in [0.717, 1.165) is 32.1 Å². The quantitative estimate of drug-likeness (QED) is 0.194. The first-order valence-corrected chi connectivity index (χ1v) is 5.67. The number of rotatable bonds is 9. The molecule has 0 spiro atoms. The van der Waals surface area contributed by atoms with Gasteiger partial charge in [-0.2, -0.15) is 0 Å². The minimum absolute atomic E-state index is 0.126. The van der Waals surface area contributed by atoms with E-state index in [4.69, 9.17) is 11.6 Å². The van der Waals surface area contributed by atoms with E-state index in [9.17, 15) is 9.59 Å². The van der Waals surface area contributed by atoms with Crippen LogP contribution in [-0.4, -0.2) is 24.9 Å². The van der Waals surface area contributed by atoms with E-state index in [-0.39, 0.29) is 18.4 Å². The monoisotopic (exact) mass is 230 g/mol. The number of urea groups is 1. The summed E-state index contributed by atoms with van der Waals surface area (Å²) in [4.78, 5) is 21.5. The molecule has 0 heterocycles. The average molecular weight is 230 g/mol. The van der Waals surface area contributed by atoms with Crippen molar-refractivity contribution in [3.05, 3.63) is 0 Å². The Morgan fingerprint density at radius 3 is 2.25 bits per heavy atom. The van der Waals surface area contributed by atoms with Gasteiger partial charge in [0, 0.05) is 13.0 Å². The number of ketones is 1. The molecule has 0 saturated carbocycles. The molecular formula is C10H22N4O2. The third kappa shape index (κ3) is 9.42. The molecule has 0 aliphatic carbocycles. The van der Waals surface area contributed by atoms with Crippen LogP contribution in [0.25, 0.3) is 0 Å². The SMILES string of the molecule is NCC(=O)CCCCCCCNC(=O)NN. The number of amides is 2. The zero-order valence-corrected chi connectivity index (χ0v) is 9.63. The highest BCUT2D eigenvalue weighted by atomic mass is 16.2. The van der Waals surface area contributed by atoms with Crippen molar-refractivity contribution in [2.45, 2.75) is 38.5 Å². The molecule has 0 radical (unpaired) electrons. The first kappa shape index (κ1) is 14.9. The highest BCUT2D eigenvalue weighted by molar-refractivity contribution is 5.80. The zero-order chi connectivity index (χ0) is 12.2. The van der Waals surface area contributed by atoms with Crippen molar-refractivity contribution >= 4 is 11.8 Å². The van der Waals surface area contributed by atoms with Crippen LogP contribution in [0.5, 0.6) is 0 Å². The van der Waals surface area contributed by atoms with Crippen LogP contribution in [0.15, 0.2) is 0 Å². The molecule has 16 heavy (non-hydrogen) atoms. The van der Waals surface area contributed by atoms with Crippen LogP contribution in [0, 0.1) is 0 Å². The van der Waals surface area contributed by atoms with Crippen molar-refractivity contribution in [2.75, 3.05) is 13.1 Å². The number of nitrogens with two attached hydrogens (primary N) is 2. The molecule has 94 valence electrons. The Kier molecular flexibility index (Phi) is 9.64. The number of hydrogen-bond acceptors (Lipinski definition) is 4. The molecule has 6 nitrogen and oxygen atoms in total. The summed E-state index contributed by atoms with van der Waals surface area (Å²) in [6.07, 6.45) is 5.58. The number of hydrogen-bond donors (Lipinski definition) is 4. The summed E-state index contributed by atoms with van der Waals surface area (Å²) in [7, 11) is 0. The van der Waals surface area contributed by atoms with E-state index >= 15 is 0 Å². The predicted molar refractivity (Wildman–Crippen MR) is 62.5 cm³/mol. The van der Waals surface area contributed by atoms with Crippen LogP contribution in [0.2, 0.25) is 0 Å². The largest absolute Gasteiger partial charge is 0.337 e. The van der Waals surface area contributed by atoms with Gasteiger partial charge in [0.1, 0.15) is 5.78 Å². The van der Waals surface area contributed by atoms with Gasteiger partial charge < -0.3 is 11.1 Å². The van der Waals surface area contributed by atoms with E-state index in [1.807, 2.05) is 5.43 Å². The van der Waals surface area contributed by atoms with Crippen molar-refractivity contribution in [3.8, 4) is 0 Å². The average Bonchev–Trinajstić information content (AvgIpc) is 2.31. The Morgan fingerprint density at radius 1 is 1.00 bits per heavy atom. The molecule has 0 atom stereocenters. The van der Waals surface area contributed by atoms with E-state index in [1.165, 1.54) is 0 Å². The fourth-order valence-electron chi connectivity index (χ4n) is 1.33. The number of Topliss-reactive ketones (excluding diaryl/α,β-unsaturated/α-hetero) is 1. The summed E-state index contributed by atoms with van der Waals surface area (Å²) in [5.74, 6) is 5.02. The maximum Gasteiger partial charge on any atom is 0.328 e. The molecule has 0 aliphatic heterocycles. The lowest BCUT2D eigenvalue weighted by atomic mass is 10.1. The molecule has 2 amide bonds. The Hall–Kier alpha value is -1.14. The van der Waals surface area contributed by atoms with Gasteiger partial charge in [0.2, 0.25) is 0 Å². The van der Waals surface area contributed by atoms with Gasteiger partial charge in [-0.05, 0) is 12.8 Å². The lowest BCUT2D eigenvalue weighted by Crippen LogP contribution is -2.40. The number of carbonyl (C=O) groups is 2. The van der Waals surface area contributed by atoms with E-state index < -0.39 is 0 Å². The molecule has 0 aromatic carbocycles. The van der Waals surface area contributed by atoms with E-state index in [0.29, 0.717) is 13.0 Å². The summed E-state index contributed by atoms with van der Waals surface area (Å²) in [6.45, 7) is 0.781. The number of hydrazine groups is 1. The maximum atomic E-state index is 10.9. The molecule has 0 fully saturated rings. The van der Waals surface area contributed by atoms with Crippen LogP contribution in [0.4, 0.5) is 4.79 Å². The normalized spacial score (nSPS) is 9.88. The first-order valence-electron chi connectivity index (χ1n) is 5.67. The standard InChI is InChI=1S/C10H22N4O2/c11-8-9(15)6-4-2-1-3-5-7-13-10(16)14-12/h1-8,11-12H2,(H2,13,14,16). The van der Waals surface area contributed by atoms with Gasteiger partial charge in [-0.15, -0.1) is 0 Å². The minimum Gasteiger partial charge on any atom is -0.337 e. The van der Waals surface area contributed by atoms with Gasteiger partial charge in [0.05, 0.1) is 6.54 Å². The Labute approximate surface area is 96.1 Å². The van der Waals surface area contributed by atoms with Crippen LogP contribution >= 0.6 is 0 Å². The van der Waals surface area contributed by atoms with Gasteiger partial charge in [-0.3, -0.25) is 10.2 Å². The molecular weight excluding hydrogens is 208 g/mol. The second kappa shape index (κ2) is 10.4. The third-order valence-corrected chi connectivity index (χ3v) is 2.28. The van der Waals surface area contributed by atoms with Gasteiger partial charge in [0.15, 0.2) is 0 Å². The predicted octanol–water partition coefficient (Wildman–Crippen LogP) is 0.0277. The van der Waals surface area contributed by atoms with Crippen molar-refractivity contribution in [1.82, 2.24) is 10.7 Å². The zero-order valence-electron chi connectivity index (χ0n) is 9.63. The Balaban J connectivity index is 3.10. The second-order valence-electron chi connectivity index (χ2n) is 3.66. The summed E-state index contributed by atoms with van der Waals surface area (Å²) < 4.78 is 0. The fourth-order valence-corrected chi connectivity index (χ4v) is 1.33. The maximum absolute atomic E-state index is 10.9. The van der Waals surface area contributed by atoms with Crippen molar-refractivity contribution in [1.29, 1.82) is 0 Å². The van der Waals surface area contributed by atoms with Gasteiger partial charge in [-0.1, -0.05) is 19.3 Å². The molecule has 6 N–H and O–H groups in total. The van der Waals surface area contributed by atoms with Crippen LogP contribution < -0.4 is 22.3 Å². The van der Waals surface area contributed by atoms with Gasteiger partial charge >= 0.3 is 6.03 Å². The van der Waals surface area contributed by atoms with Crippen molar-refractivity contribution in [3.63, 3.8) is 0 Å². The van der Waals surface area contributed by atoms with E-state index in [2.05, 4.69) is 5.32 Å². The number of unbranched alkanes of at least 4 members (excludes halogenated alkanes) is 4. The van der Waals surface area contributed by atoms with Crippen LogP contribution in [0.3, 0.4) is 0 Å². The minimum atomic E-state index is -0.353. The molecule has 0 rings (SSSR count). The molecule has 0 bridgehead atoms. The van der Waals surface area contributed by atoms with Gasteiger partial charge in [-0.25, -0.2) is 10.6 Å². The molecule has 0 saturated heterocycles. The number of nitrogens with one attached hydrogen (secondary N) is 2.